The Balaban J connectivity index is 1.51. The molecule has 6 heteroatoms. The second kappa shape index (κ2) is 8.48. The number of fused-ring (bicyclic) bond motifs is 1. The molecule has 6 nitrogen and oxygen atoms in total. The van der Waals surface area contributed by atoms with Gasteiger partial charge in [-0.1, -0.05) is 36.4 Å². The maximum atomic E-state index is 9.95. The van der Waals surface area contributed by atoms with Gasteiger partial charge in [-0.3, -0.25) is 0 Å². The summed E-state index contributed by atoms with van der Waals surface area (Å²) in [5.74, 6) is 2.29. The average Bonchev–Trinajstić information content (AvgIpc) is 3.24. The molecule has 3 aromatic carbocycles. The summed E-state index contributed by atoms with van der Waals surface area (Å²) in [7, 11) is 1.93. The van der Waals surface area contributed by atoms with E-state index in [1.807, 2.05) is 78.5 Å². The van der Waals surface area contributed by atoms with Crippen LogP contribution in [0, 0.1) is 11.3 Å². The van der Waals surface area contributed by atoms with Crippen molar-refractivity contribution < 1.29 is 4.74 Å². The maximum absolute atomic E-state index is 9.95. The lowest BCUT2D eigenvalue weighted by molar-refractivity contribution is 0.482. The third-order valence-electron chi connectivity index (χ3n) is 5.72. The Morgan fingerprint density at radius 2 is 1.72 bits per heavy atom. The molecule has 1 aromatic heterocycles. The number of ether oxygens (including phenoxy) is 1. The number of anilines is 2. The van der Waals surface area contributed by atoms with Crippen molar-refractivity contribution in [3.05, 3.63) is 90.0 Å². The molecule has 2 heterocycles. The van der Waals surface area contributed by atoms with E-state index in [9.17, 15) is 5.26 Å². The summed E-state index contributed by atoms with van der Waals surface area (Å²) >= 11 is 0. The molecule has 0 radical (unpaired) electrons. The van der Waals surface area contributed by atoms with Crippen molar-refractivity contribution in [2.24, 2.45) is 0 Å². The highest BCUT2D eigenvalue weighted by Gasteiger charge is 2.29. The van der Waals surface area contributed by atoms with Crippen molar-refractivity contribution in [3.63, 3.8) is 0 Å². The van der Waals surface area contributed by atoms with Gasteiger partial charge in [-0.15, -0.1) is 0 Å². The summed E-state index contributed by atoms with van der Waals surface area (Å²) < 4.78 is 7.86. The molecule has 4 aromatic rings. The van der Waals surface area contributed by atoms with Crippen LogP contribution in [0.5, 0.6) is 11.5 Å². The zero-order valence-corrected chi connectivity index (χ0v) is 17.7. The quantitative estimate of drug-likeness (QED) is 0.435. The molecule has 1 atom stereocenters. The van der Waals surface area contributed by atoms with Crippen LogP contribution in [-0.4, -0.2) is 23.4 Å². The van der Waals surface area contributed by atoms with Crippen LogP contribution in [0.15, 0.2) is 78.9 Å². The van der Waals surface area contributed by atoms with Crippen LogP contribution in [-0.2, 0) is 0 Å². The molecule has 0 fully saturated rings. The van der Waals surface area contributed by atoms with E-state index in [4.69, 9.17) is 9.84 Å². The van der Waals surface area contributed by atoms with Gasteiger partial charge in [-0.05, 0) is 54.4 Å². The lowest BCUT2D eigenvalue weighted by Gasteiger charge is -2.27. The normalized spacial score (nSPS) is 14.7. The average molecular weight is 422 g/mol. The molecule has 0 bridgehead atoms. The van der Waals surface area contributed by atoms with Gasteiger partial charge in [-0.25, -0.2) is 4.68 Å². The van der Waals surface area contributed by atoms with E-state index >= 15 is 0 Å². The fourth-order valence-corrected chi connectivity index (χ4v) is 4.19. The number of benzene rings is 3. The van der Waals surface area contributed by atoms with E-state index in [2.05, 4.69) is 28.8 Å². The molecule has 0 aliphatic carbocycles. The first-order chi connectivity index (χ1) is 15.8. The predicted octanol–water partition coefficient (Wildman–Crippen LogP) is 5.66. The van der Waals surface area contributed by atoms with Crippen LogP contribution < -0.4 is 15.4 Å². The van der Waals surface area contributed by atoms with Crippen molar-refractivity contribution >= 4 is 11.5 Å². The lowest BCUT2D eigenvalue weighted by Crippen LogP contribution is -2.25. The van der Waals surface area contributed by atoms with Crippen molar-refractivity contribution in [2.45, 2.75) is 12.5 Å². The lowest BCUT2D eigenvalue weighted by atomic mass is 10.00. The summed E-state index contributed by atoms with van der Waals surface area (Å²) in [6, 6.07) is 28.0. The zero-order valence-electron chi connectivity index (χ0n) is 17.7. The first-order valence-corrected chi connectivity index (χ1v) is 10.6. The summed E-state index contributed by atoms with van der Waals surface area (Å²) in [6.07, 6.45) is 0.890. The van der Waals surface area contributed by atoms with Gasteiger partial charge in [0.25, 0.3) is 0 Å². The van der Waals surface area contributed by atoms with Gasteiger partial charge in [0, 0.05) is 24.8 Å². The number of rotatable bonds is 5. The van der Waals surface area contributed by atoms with E-state index in [1.54, 1.807) is 0 Å². The van der Waals surface area contributed by atoms with Gasteiger partial charge >= 0.3 is 0 Å². The van der Waals surface area contributed by atoms with Crippen LogP contribution >= 0.6 is 0 Å². The second-order valence-electron chi connectivity index (χ2n) is 7.64. The van der Waals surface area contributed by atoms with E-state index in [1.165, 1.54) is 5.56 Å². The monoisotopic (exact) mass is 421 g/mol. The van der Waals surface area contributed by atoms with E-state index in [0.717, 1.165) is 41.5 Å². The summed E-state index contributed by atoms with van der Waals surface area (Å²) in [4.78, 5) is 0. The Morgan fingerprint density at radius 3 is 2.47 bits per heavy atom. The molecular weight excluding hydrogens is 398 g/mol. The van der Waals surface area contributed by atoms with Crippen molar-refractivity contribution in [2.75, 3.05) is 24.2 Å². The number of nitrogens with zero attached hydrogens (tertiary/aromatic N) is 3. The molecule has 1 aliphatic rings. The number of nitriles is 1. The van der Waals surface area contributed by atoms with Crippen molar-refractivity contribution in [3.8, 4) is 28.8 Å². The van der Waals surface area contributed by atoms with Crippen molar-refractivity contribution in [1.29, 1.82) is 5.26 Å². The van der Waals surface area contributed by atoms with Gasteiger partial charge in [0.15, 0.2) is 0 Å². The smallest absolute Gasteiger partial charge is 0.143 e. The van der Waals surface area contributed by atoms with Crippen LogP contribution in [0.1, 0.15) is 23.6 Å². The Kier molecular flexibility index (Phi) is 5.22. The number of aromatic nitrogens is 2. The highest BCUT2D eigenvalue weighted by molar-refractivity contribution is 5.74. The Hall–Kier alpha value is -4.24. The van der Waals surface area contributed by atoms with E-state index in [0.29, 0.717) is 11.3 Å². The van der Waals surface area contributed by atoms with Gasteiger partial charge < -0.3 is 15.4 Å². The SMILES string of the molecule is CNc1ccccc1C1CCNc2c(C#N)c(-c3ccc(Oc4ccccc4)cc3)nn21. The van der Waals surface area contributed by atoms with Gasteiger partial charge in [0.1, 0.15) is 34.6 Å². The van der Waals surface area contributed by atoms with E-state index < -0.39 is 0 Å². The largest absolute Gasteiger partial charge is 0.457 e. The fraction of sp³-hybridized carbons (Fsp3) is 0.154. The highest BCUT2D eigenvalue weighted by Crippen LogP contribution is 2.38. The topological polar surface area (TPSA) is 74.9 Å². The minimum absolute atomic E-state index is 0.0523. The molecule has 0 amide bonds. The van der Waals surface area contributed by atoms with Crippen LogP contribution in [0.4, 0.5) is 11.5 Å². The molecule has 1 aliphatic heterocycles. The number of hydrogen-bond donors (Lipinski definition) is 2. The third kappa shape index (κ3) is 3.54. The highest BCUT2D eigenvalue weighted by atomic mass is 16.5. The minimum Gasteiger partial charge on any atom is -0.457 e. The molecule has 0 saturated carbocycles. The minimum atomic E-state index is 0.0523. The summed E-state index contributed by atoms with van der Waals surface area (Å²) in [5.41, 5.74) is 4.36. The Bertz CT molecular complexity index is 1270. The first kappa shape index (κ1) is 19.7. The van der Waals surface area contributed by atoms with Crippen LogP contribution in [0.25, 0.3) is 11.3 Å². The van der Waals surface area contributed by atoms with Gasteiger partial charge in [0.2, 0.25) is 0 Å². The van der Waals surface area contributed by atoms with Gasteiger partial charge in [-0.2, -0.15) is 10.4 Å². The number of para-hydroxylation sites is 2. The van der Waals surface area contributed by atoms with E-state index in [-0.39, 0.29) is 6.04 Å². The molecule has 32 heavy (non-hydrogen) atoms. The Labute approximate surface area is 187 Å². The third-order valence-corrected chi connectivity index (χ3v) is 5.72. The maximum Gasteiger partial charge on any atom is 0.143 e. The Morgan fingerprint density at radius 1 is 1.00 bits per heavy atom. The molecule has 2 N–H and O–H groups in total. The molecule has 0 saturated heterocycles. The van der Waals surface area contributed by atoms with Crippen LogP contribution in [0.2, 0.25) is 0 Å². The number of hydrogen-bond acceptors (Lipinski definition) is 5. The molecule has 0 spiro atoms. The summed E-state index contributed by atoms with van der Waals surface area (Å²) in [5, 5.41) is 21.5. The molecule has 5 rings (SSSR count). The zero-order chi connectivity index (χ0) is 21.9. The second-order valence-corrected chi connectivity index (χ2v) is 7.64. The van der Waals surface area contributed by atoms with Crippen molar-refractivity contribution in [1.82, 2.24) is 9.78 Å². The number of nitrogens with one attached hydrogen (secondary N) is 2. The predicted molar refractivity (Wildman–Crippen MR) is 126 cm³/mol. The van der Waals surface area contributed by atoms with Crippen LogP contribution in [0.3, 0.4) is 0 Å². The molecule has 1 unspecified atom stereocenters. The molecule has 158 valence electrons. The summed E-state index contributed by atoms with van der Waals surface area (Å²) in [6.45, 7) is 0.784. The standard InChI is InChI=1S/C26H23N5O/c1-28-23-10-6-5-9-21(23)24-15-16-29-26-22(17-27)25(30-31(24)26)18-11-13-20(14-12-18)32-19-7-3-2-4-8-19/h2-14,24,28-29H,15-16H2,1H3. The first-order valence-electron chi connectivity index (χ1n) is 10.6. The fourth-order valence-electron chi connectivity index (χ4n) is 4.19. The van der Waals surface area contributed by atoms with Gasteiger partial charge in [0.05, 0.1) is 6.04 Å². The molecular formula is C26H23N5O.